The Morgan fingerprint density at radius 2 is 2.09 bits per heavy atom. The lowest BCUT2D eigenvalue weighted by molar-refractivity contribution is -0.0607. The molecule has 2 heterocycles. The molecule has 1 aliphatic rings. The van der Waals surface area contributed by atoms with Crippen LogP contribution in [0.4, 0.5) is 4.79 Å². The van der Waals surface area contributed by atoms with Crippen LogP contribution >= 0.6 is 0 Å². The molecule has 0 spiro atoms. The van der Waals surface area contributed by atoms with Crippen molar-refractivity contribution in [3.63, 3.8) is 0 Å². The Hall–Kier alpha value is -2.14. The second kappa shape index (κ2) is 5.57. The highest BCUT2D eigenvalue weighted by atomic mass is 16.5. The van der Waals surface area contributed by atoms with Crippen molar-refractivity contribution in [3.05, 3.63) is 42.9 Å². The van der Waals surface area contributed by atoms with Gasteiger partial charge in [-0.2, -0.15) is 0 Å². The summed E-state index contributed by atoms with van der Waals surface area (Å²) in [5.41, 5.74) is 1.20. The summed E-state index contributed by atoms with van der Waals surface area (Å²) in [5, 5.41) is 0. The van der Waals surface area contributed by atoms with E-state index < -0.39 is 5.72 Å². The molecule has 1 aliphatic heterocycles. The zero-order chi connectivity index (χ0) is 15.7. The summed E-state index contributed by atoms with van der Waals surface area (Å²) in [6.45, 7) is 6.53. The van der Waals surface area contributed by atoms with Crippen molar-refractivity contribution < 1.29 is 9.53 Å². The van der Waals surface area contributed by atoms with Crippen LogP contribution in [0.5, 0.6) is 0 Å². The number of carbonyl (C=O) groups excluding carboxylic acids is 1. The van der Waals surface area contributed by atoms with Crippen LogP contribution in [0.25, 0.3) is 11.3 Å². The Balaban J connectivity index is 1.83. The molecule has 116 valence electrons. The van der Waals surface area contributed by atoms with Crippen LogP contribution in [0.3, 0.4) is 0 Å². The van der Waals surface area contributed by atoms with Crippen LogP contribution in [0.2, 0.25) is 0 Å². The molecule has 0 aliphatic carbocycles. The summed E-state index contributed by atoms with van der Waals surface area (Å²) in [6, 6.07) is 9.73. The van der Waals surface area contributed by atoms with E-state index in [0.29, 0.717) is 6.54 Å². The number of nitrogens with zero attached hydrogens (tertiary/aromatic N) is 3. The highest BCUT2D eigenvalue weighted by Gasteiger charge is 2.42. The van der Waals surface area contributed by atoms with Gasteiger partial charge in [-0.15, -0.1) is 0 Å². The Morgan fingerprint density at radius 3 is 2.73 bits per heavy atom. The largest absolute Gasteiger partial charge is 0.351 e. The van der Waals surface area contributed by atoms with Gasteiger partial charge < -0.3 is 4.74 Å². The fourth-order valence-electron chi connectivity index (χ4n) is 2.78. The van der Waals surface area contributed by atoms with Gasteiger partial charge in [0, 0.05) is 11.8 Å². The average molecular weight is 299 g/mol. The summed E-state index contributed by atoms with van der Waals surface area (Å²) in [7, 11) is 0. The molecule has 5 nitrogen and oxygen atoms in total. The summed E-state index contributed by atoms with van der Waals surface area (Å²) in [5.74, 6) is 0. The fourth-order valence-corrected chi connectivity index (χ4v) is 2.78. The van der Waals surface area contributed by atoms with Crippen molar-refractivity contribution in [2.24, 2.45) is 0 Å². The molecular formula is C17H21N3O2. The molecule has 0 N–H and O–H groups in total. The lowest BCUT2D eigenvalue weighted by atomic mass is 10.2. The SMILES string of the molecule is CCC1CN(C(=O)n2cnc(-c3ccccc3)c2)C(C)(C)O1. The summed E-state index contributed by atoms with van der Waals surface area (Å²) < 4.78 is 7.45. The monoisotopic (exact) mass is 299 g/mol. The maximum Gasteiger partial charge on any atom is 0.331 e. The number of imidazole rings is 1. The summed E-state index contributed by atoms with van der Waals surface area (Å²) >= 11 is 0. The number of ether oxygens (including phenoxy) is 1. The quantitative estimate of drug-likeness (QED) is 0.854. The van der Waals surface area contributed by atoms with E-state index in [1.165, 1.54) is 4.57 Å². The van der Waals surface area contributed by atoms with Crippen molar-refractivity contribution in [2.45, 2.75) is 39.0 Å². The standard InChI is InChI=1S/C17H21N3O2/c1-4-14-10-20(17(2,3)22-14)16(21)19-11-15(18-12-19)13-8-6-5-7-9-13/h5-9,11-12,14H,4,10H2,1-3H3. The van der Waals surface area contributed by atoms with E-state index in [-0.39, 0.29) is 12.1 Å². The maximum absolute atomic E-state index is 12.7. The topological polar surface area (TPSA) is 47.4 Å². The zero-order valence-corrected chi connectivity index (χ0v) is 13.2. The Morgan fingerprint density at radius 1 is 1.36 bits per heavy atom. The third-order valence-electron chi connectivity index (χ3n) is 4.05. The van der Waals surface area contributed by atoms with Crippen molar-refractivity contribution in [3.8, 4) is 11.3 Å². The van der Waals surface area contributed by atoms with Crippen LogP contribution in [0, 0.1) is 0 Å². The molecule has 2 aromatic rings. The van der Waals surface area contributed by atoms with Crippen LogP contribution < -0.4 is 0 Å². The van der Waals surface area contributed by atoms with Gasteiger partial charge in [0.15, 0.2) is 0 Å². The van der Waals surface area contributed by atoms with E-state index in [1.54, 1.807) is 17.4 Å². The number of benzene rings is 1. The van der Waals surface area contributed by atoms with Gasteiger partial charge in [-0.1, -0.05) is 37.3 Å². The predicted octanol–water partition coefficient (Wildman–Crippen LogP) is 3.37. The third-order valence-corrected chi connectivity index (χ3v) is 4.05. The van der Waals surface area contributed by atoms with Gasteiger partial charge in [0.05, 0.1) is 18.3 Å². The Bertz CT molecular complexity index is 664. The molecule has 1 amide bonds. The van der Waals surface area contributed by atoms with E-state index in [1.807, 2.05) is 44.2 Å². The molecule has 1 atom stereocenters. The molecule has 5 heteroatoms. The lowest BCUT2D eigenvalue weighted by Crippen LogP contribution is -2.45. The van der Waals surface area contributed by atoms with Crippen LogP contribution in [-0.2, 0) is 4.74 Å². The highest BCUT2D eigenvalue weighted by Crippen LogP contribution is 2.29. The second-order valence-corrected chi connectivity index (χ2v) is 6.02. The van der Waals surface area contributed by atoms with Gasteiger partial charge in [0.25, 0.3) is 0 Å². The molecule has 0 bridgehead atoms. The maximum atomic E-state index is 12.7. The number of amides is 1. The van der Waals surface area contributed by atoms with Gasteiger partial charge in [-0.05, 0) is 20.3 Å². The second-order valence-electron chi connectivity index (χ2n) is 6.02. The Labute approximate surface area is 130 Å². The molecule has 22 heavy (non-hydrogen) atoms. The molecule has 1 aromatic carbocycles. The fraction of sp³-hybridized carbons (Fsp3) is 0.412. The van der Waals surface area contributed by atoms with Gasteiger partial charge in [-0.25, -0.2) is 9.78 Å². The summed E-state index contributed by atoms with van der Waals surface area (Å²) in [4.78, 5) is 18.8. The van der Waals surface area contributed by atoms with Crippen molar-refractivity contribution in [1.29, 1.82) is 0 Å². The molecule has 3 rings (SSSR count). The minimum Gasteiger partial charge on any atom is -0.351 e. The minimum atomic E-state index is -0.588. The van der Waals surface area contributed by atoms with Gasteiger partial charge in [0.2, 0.25) is 0 Å². The third kappa shape index (κ3) is 2.64. The molecule has 0 saturated carbocycles. The first kappa shape index (κ1) is 14.8. The first-order valence-corrected chi connectivity index (χ1v) is 7.60. The normalized spacial score (nSPS) is 20.3. The number of rotatable bonds is 2. The number of aromatic nitrogens is 2. The summed E-state index contributed by atoms with van der Waals surface area (Å²) in [6.07, 6.45) is 4.33. The Kier molecular flexibility index (Phi) is 3.74. The van der Waals surface area contributed by atoms with E-state index in [4.69, 9.17) is 4.74 Å². The highest BCUT2D eigenvalue weighted by molar-refractivity contribution is 5.79. The molecular weight excluding hydrogens is 278 g/mol. The van der Waals surface area contributed by atoms with E-state index in [0.717, 1.165) is 17.7 Å². The predicted molar refractivity (Wildman–Crippen MR) is 84.4 cm³/mol. The molecule has 1 fully saturated rings. The van der Waals surface area contributed by atoms with Crippen molar-refractivity contribution >= 4 is 6.03 Å². The number of carbonyl (C=O) groups is 1. The molecule has 1 saturated heterocycles. The number of hydrogen-bond acceptors (Lipinski definition) is 3. The van der Waals surface area contributed by atoms with Crippen LogP contribution in [-0.4, -0.2) is 38.9 Å². The van der Waals surface area contributed by atoms with Gasteiger partial charge in [-0.3, -0.25) is 9.47 Å². The van der Waals surface area contributed by atoms with E-state index in [9.17, 15) is 4.79 Å². The smallest absolute Gasteiger partial charge is 0.331 e. The zero-order valence-electron chi connectivity index (χ0n) is 13.2. The molecule has 0 radical (unpaired) electrons. The van der Waals surface area contributed by atoms with Gasteiger partial charge >= 0.3 is 6.03 Å². The molecule has 1 aromatic heterocycles. The van der Waals surface area contributed by atoms with Crippen molar-refractivity contribution in [2.75, 3.05) is 6.54 Å². The van der Waals surface area contributed by atoms with E-state index in [2.05, 4.69) is 11.9 Å². The van der Waals surface area contributed by atoms with Crippen molar-refractivity contribution in [1.82, 2.24) is 14.5 Å². The first-order chi connectivity index (χ1) is 10.5. The van der Waals surface area contributed by atoms with Crippen LogP contribution in [0.15, 0.2) is 42.9 Å². The van der Waals surface area contributed by atoms with Gasteiger partial charge in [0.1, 0.15) is 12.1 Å². The lowest BCUT2D eigenvalue weighted by Gasteiger charge is -2.29. The molecule has 1 unspecified atom stereocenters. The van der Waals surface area contributed by atoms with Crippen LogP contribution in [0.1, 0.15) is 27.2 Å². The first-order valence-electron chi connectivity index (χ1n) is 7.60. The minimum absolute atomic E-state index is 0.0936. The van der Waals surface area contributed by atoms with E-state index >= 15 is 0 Å². The number of hydrogen-bond donors (Lipinski definition) is 0. The average Bonchev–Trinajstić information content (AvgIpc) is 3.11.